The molecule has 270 valence electrons. The van der Waals surface area contributed by atoms with Crippen LogP contribution in [0.1, 0.15) is 64.9 Å². The molecule has 3 unspecified atom stereocenters. The van der Waals surface area contributed by atoms with Crippen LogP contribution in [-0.2, 0) is 25.6 Å². The van der Waals surface area contributed by atoms with E-state index in [-0.39, 0.29) is 36.8 Å². The van der Waals surface area contributed by atoms with Crippen LogP contribution in [0.5, 0.6) is 0 Å². The van der Waals surface area contributed by atoms with Gasteiger partial charge in [0.1, 0.15) is 29.2 Å². The molecule has 0 radical (unpaired) electrons. The first-order chi connectivity index (χ1) is 23.7. The first-order valence-electron chi connectivity index (χ1n) is 17.1. The number of aromatic nitrogens is 2. The van der Waals surface area contributed by atoms with E-state index >= 15 is 8.78 Å². The van der Waals surface area contributed by atoms with E-state index in [1.807, 2.05) is 34.9 Å². The lowest BCUT2D eigenvalue weighted by Crippen LogP contribution is -2.49. The van der Waals surface area contributed by atoms with Crippen LogP contribution in [0.3, 0.4) is 0 Å². The van der Waals surface area contributed by atoms with Crippen LogP contribution in [0.2, 0.25) is 0 Å². The number of hydrogen-bond donors (Lipinski definition) is 1. The molecule has 2 amide bonds. The quantitative estimate of drug-likeness (QED) is 0.263. The number of imidazole rings is 1. The summed E-state index contributed by atoms with van der Waals surface area (Å²) in [5.74, 6) is -3.08. The van der Waals surface area contributed by atoms with Crippen molar-refractivity contribution in [1.82, 2.24) is 24.7 Å². The molecule has 0 aliphatic carbocycles. The Hall–Kier alpha value is -4.39. The summed E-state index contributed by atoms with van der Waals surface area (Å²) >= 11 is 0. The molecule has 13 heteroatoms. The second-order valence-corrected chi connectivity index (χ2v) is 14.2. The van der Waals surface area contributed by atoms with Crippen molar-refractivity contribution >= 4 is 18.0 Å². The highest BCUT2D eigenvalue weighted by atomic mass is 19.1. The number of carbonyl (C=O) groups excluding carboxylic acids is 3. The number of benzene rings is 2. The Balaban J connectivity index is 1.62. The summed E-state index contributed by atoms with van der Waals surface area (Å²) in [6, 6.07) is 11.9. The minimum Gasteiger partial charge on any atom is -0.453 e. The van der Waals surface area contributed by atoms with Crippen molar-refractivity contribution in [3.63, 3.8) is 0 Å². The zero-order valence-corrected chi connectivity index (χ0v) is 29.2. The number of carbonyl (C=O) groups is 3. The SMILES string of the molecule is CC(=O)O[C@@H](C)C(=O)N(CC1CN(C(=O)OC(C)(C)C)CC1F)C(c1nc(-c2cc(F)ccc2F)cn1Cc1ccccc1)C1CCNCC1. The molecule has 0 spiro atoms. The van der Waals surface area contributed by atoms with Gasteiger partial charge in [0.25, 0.3) is 5.91 Å². The summed E-state index contributed by atoms with van der Waals surface area (Å²) in [4.78, 5) is 47.1. The number of nitrogens with one attached hydrogen (secondary N) is 1. The summed E-state index contributed by atoms with van der Waals surface area (Å²) in [5, 5.41) is 3.34. The van der Waals surface area contributed by atoms with E-state index in [0.29, 0.717) is 38.3 Å². The number of alkyl halides is 1. The van der Waals surface area contributed by atoms with Gasteiger partial charge in [-0.3, -0.25) is 9.59 Å². The topological polar surface area (TPSA) is 106 Å². The minimum atomic E-state index is -1.48. The number of nitrogens with zero attached hydrogens (tertiary/aromatic N) is 4. The standard InChI is InChI=1S/C37H46F3N5O5/c1-23(49-24(2)46)35(47)45(20-27-19-44(21-31(27)40)36(48)50-37(3,4)5)33(26-13-15-41-16-14-26)34-42-32(29-17-28(38)11-12-30(29)39)22-43(34)18-25-9-7-6-8-10-25/h6-12,17,22-23,26-27,31,33,41H,13-16,18-21H2,1-5H3/t23-,27?,31?,33?/m0/s1. The van der Waals surface area contributed by atoms with Gasteiger partial charge in [0.2, 0.25) is 0 Å². The number of hydrogen-bond acceptors (Lipinski definition) is 7. The van der Waals surface area contributed by atoms with Crippen molar-refractivity contribution < 1.29 is 37.0 Å². The molecule has 2 aliphatic heterocycles. The molecule has 2 aromatic carbocycles. The number of rotatable bonds is 10. The molecule has 3 aromatic rings. The van der Waals surface area contributed by atoms with Crippen LogP contribution in [0.15, 0.2) is 54.7 Å². The lowest BCUT2D eigenvalue weighted by atomic mass is 9.87. The van der Waals surface area contributed by atoms with Gasteiger partial charge in [-0.25, -0.2) is 22.9 Å². The van der Waals surface area contributed by atoms with Gasteiger partial charge in [-0.1, -0.05) is 30.3 Å². The van der Waals surface area contributed by atoms with Crippen molar-refractivity contribution in [3.8, 4) is 11.3 Å². The number of amides is 2. The summed E-state index contributed by atoms with van der Waals surface area (Å²) in [7, 11) is 0. The fourth-order valence-corrected chi connectivity index (χ4v) is 6.77. The molecule has 0 saturated carbocycles. The average molecular weight is 698 g/mol. The molecule has 2 saturated heterocycles. The minimum absolute atomic E-state index is 0.00103. The largest absolute Gasteiger partial charge is 0.453 e. The first kappa shape index (κ1) is 36.9. The van der Waals surface area contributed by atoms with Gasteiger partial charge < -0.3 is 29.2 Å². The third kappa shape index (κ3) is 9.04. The molecule has 1 N–H and O–H groups in total. The molecule has 4 atom stereocenters. The Morgan fingerprint density at radius 1 is 1.06 bits per heavy atom. The van der Waals surface area contributed by atoms with Gasteiger partial charge in [-0.15, -0.1) is 0 Å². The second-order valence-electron chi connectivity index (χ2n) is 14.2. The molecule has 0 bridgehead atoms. The van der Waals surface area contributed by atoms with E-state index in [2.05, 4.69) is 5.32 Å². The molecule has 2 aliphatic rings. The maximum absolute atomic E-state index is 15.9. The van der Waals surface area contributed by atoms with Crippen LogP contribution in [-0.4, -0.2) is 87.9 Å². The van der Waals surface area contributed by atoms with Gasteiger partial charge in [0.15, 0.2) is 6.10 Å². The van der Waals surface area contributed by atoms with Crippen molar-refractivity contribution in [2.45, 2.75) is 77.9 Å². The van der Waals surface area contributed by atoms with Crippen LogP contribution in [0.25, 0.3) is 11.3 Å². The van der Waals surface area contributed by atoms with Gasteiger partial charge in [0.05, 0.1) is 18.3 Å². The highest BCUT2D eigenvalue weighted by molar-refractivity contribution is 5.83. The predicted molar refractivity (Wildman–Crippen MR) is 181 cm³/mol. The maximum Gasteiger partial charge on any atom is 0.410 e. The molecule has 3 heterocycles. The molecule has 5 rings (SSSR count). The second kappa shape index (κ2) is 15.7. The molecule has 2 fully saturated rings. The summed E-state index contributed by atoms with van der Waals surface area (Å²) in [6.45, 7) is 9.13. The zero-order chi connectivity index (χ0) is 36.2. The number of halogens is 3. The van der Waals surface area contributed by atoms with Gasteiger partial charge in [-0.2, -0.15) is 0 Å². The smallest absolute Gasteiger partial charge is 0.410 e. The first-order valence-corrected chi connectivity index (χ1v) is 17.1. The lowest BCUT2D eigenvalue weighted by Gasteiger charge is -2.41. The third-order valence-corrected chi connectivity index (χ3v) is 9.06. The zero-order valence-electron chi connectivity index (χ0n) is 29.2. The van der Waals surface area contributed by atoms with Crippen molar-refractivity contribution in [2.75, 3.05) is 32.7 Å². The lowest BCUT2D eigenvalue weighted by molar-refractivity contribution is -0.160. The Labute approximate surface area is 290 Å². The Bertz CT molecular complexity index is 1660. The monoisotopic (exact) mass is 697 g/mol. The summed E-state index contributed by atoms with van der Waals surface area (Å²) < 4.78 is 58.2. The summed E-state index contributed by atoms with van der Waals surface area (Å²) in [6.07, 6.45) is -0.432. The Morgan fingerprint density at radius 3 is 2.42 bits per heavy atom. The summed E-state index contributed by atoms with van der Waals surface area (Å²) in [5.41, 5.74) is 0.255. The van der Waals surface area contributed by atoms with E-state index in [9.17, 15) is 18.8 Å². The van der Waals surface area contributed by atoms with Crippen molar-refractivity contribution in [1.29, 1.82) is 0 Å². The number of esters is 1. The molecular weight excluding hydrogens is 651 g/mol. The van der Waals surface area contributed by atoms with Gasteiger partial charge >= 0.3 is 12.1 Å². The predicted octanol–water partition coefficient (Wildman–Crippen LogP) is 5.90. The molecule has 10 nitrogen and oxygen atoms in total. The average Bonchev–Trinajstić information content (AvgIpc) is 3.64. The fraction of sp³-hybridized carbons (Fsp3) is 0.514. The van der Waals surface area contributed by atoms with Crippen LogP contribution in [0.4, 0.5) is 18.0 Å². The van der Waals surface area contributed by atoms with E-state index in [1.165, 1.54) is 23.6 Å². The van der Waals surface area contributed by atoms with Crippen molar-refractivity contribution in [3.05, 3.63) is 77.8 Å². The molecular formula is C37H46F3N5O5. The number of ether oxygens (including phenoxy) is 2. The van der Waals surface area contributed by atoms with Crippen LogP contribution >= 0.6 is 0 Å². The molecule has 1 aromatic heterocycles. The van der Waals surface area contributed by atoms with Gasteiger partial charge in [-0.05, 0) is 83.3 Å². The van der Waals surface area contributed by atoms with E-state index in [4.69, 9.17) is 14.5 Å². The molecule has 50 heavy (non-hydrogen) atoms. The van der Waals surface area contributed by atoms with E-state index < -0.39 is 59.4 Å². The fourth-order valence-electron chi connectivity index (χ4n) is 6.77. The Kier molecular flexibility index (Phi) is 11.5. The normalized spacial score (nSPS) is 19.6. The highest BCUT2D eigenvalue weighted by Crippen LogP contribution is 2.38. The van der Waals surface area contributed by atoms with Gasteiger partial charge in [0, 0.05) is 44.2 Å². The van der Waals surface area contributed by atoms with Crippen molar-refractivity contribution in [2.24, 2.45) is 11.8 Å². The highest BCUT2D eigenvalue weighted by Gasteiger charge is 2.44. The van der Waals surface area contributed by atoms with Crippen LogP contribution in [0, 0.1) is 23.5 Å². The Morgan fingerprint density at radius 2 is 1.76 bits per heavy atom. The van der Waals surface area contributed by atoms with E-state index in [1.54, 1.807) is 27.0 Å². The van der Waals surface area contributed by atoms with E-state index in [0.717, 1.165) is 23.8 Å². The third-order valence-electron chi connectivity index (χ3n) is 9.06. The van der Waals surface area contributed by atoms with Crippen LogP contribution < -0.4 is 5.32 Å². The number of likely N-dealkylation sites (tertiary alicyclic amines) is 1. The number of piperidine rings is 1. The maximum atomic E-state index is 15.9.